The molecule has 1 aliphatic heterocycles. The maximum Gasteiger partial charge on any atom is 0.303 e. The normalized spacial score (nSPS) is 20.6. The van der Waals surface area contributed by atoms with E-state index in [-0.39, 0.29) is 86.6 Å². The Labute approximate surface area is 508 Å². The molecule has 0 aromatic heterocycles. The van der Waals surface area contributed by atoms with Gasteiger partial charge in [-0.05, 0) is 116 Å². The van der Waals surface area contributed by atoms with E-state index in [0.717, 1.165) is 21.6 Å². The van der Waals surface area contributed by atoms with E-state index in [1.807, 2.05) is 0 Å². The van der Waals surface area contributed by atoms with E-state index >= 15 is 0 Å². The number of aromatic hydroxyl groups is 2. The summed E-state index contributed by atoms with van der Waals surface area (Å²) >= 11 is 6.08. The number of carboxylic acid groups (broad SMARTS) is 1. The van der Waals surface area contributed by atoms with Crippen LogP contribution >= 0.6 is 33.2 Å². The summed E-state index contributed by atoms with van der Waals surface area (Å²) in [7, 11) is 1.87. The number of hydrogen-bond donors (Lipinski definition) is 16. The molecule has 26 nitrogen and oxygen atoms in total. The van der Waals surface area contributed by atoms with Crippen LogP contribution in [0.5, 0.6) is 11.5 Å². The number of nitrogens with one attached hydrogen (secondary N) is 8. The van der Waals surface area contributed by atoms with Crippen LogP contribution < -0.4 is 65.5 Å². The lowest BCUT2D eigenvalue weighted by atomic mass is 10.0. The molecule has 4 aromatic carbocycles. The number of aliphatic hydroxyl groups excluding tert-OH is 1. The van der Waals surface area contributed by atoms with Gasteiger partial charge in [0.1, 0.15) is 53.8 Å². The monoisotopic (exact) mass is 1250 g/mol. The summed E-state index contributed by atoms with van der Waals surface area (Å²) in [5, 5.41) is 61.4. The van der Waals surface area contributed by atoms with Crippen LogP contribution in [0.1, 0.15) is 61.3 Å². The molecule has 0 spiro atoms. The number of halogens is 1. The number of rotatable bonds is 23. The van der Waals surface area contributed by atoms with Gasteiger partial charge in [0.25, 0.3) is 0 Å². The second-order valence-electron chi connectivity index (χ2n) is 20.5. The summed E-state index contributed by atoms with van der Waals surface area (Å²) in [5.41, 5.74) is 26.0. The van der Waals surface area contributed by atoms with E-state index in [1.54, 1.807) is 24.3 Å². The largest absolute Gasteiger partial charge is 0.508 e. The first-order chi connectivity index (χ1) is 40.9. The van der Waals surface area contributed by atoms with Crippen molar-refractivity contribution in [3.8, 4) is 11.5 Å². The molecule has 464 valence electrons. The molecule has 0 radical (unpaired) electrons. The van der Waals surface area contributed by atoms with Crippen LogP contribution in [-0.4, -0.2) is 158 Å². The van der Waals surface area contributed by atoms with E-state index in [2.05, 4.69) is 42.5 Å². The van der Waals surface area contributed by atoms with E-state index in [4.69, 9.17) is 39.6 Å². The molecule has 1 saturated heterocycles. The average Bonchev–Trinajstić information content (AvgIpc) is 3.68. The first-order valence-corrected chi connectivity index (χ1v) is 30.2. The third kappa shape index (κ3) is 22.8. The number of nitrogens with two attached hydrogens (primary N) is 4. The molecule has 1 heterocycles. The Bertz CT molecular complexity index is 2990. The number of anilines is 1. The second-order valence-corrected chi connectivity index (χ2v) is 23.4. The Morgan fingerprint density at radius 2 is 1.15 bits per heavy atom. The van der Waals surface area contributed by atoms with Gasteiger partial charge >= 0.3 is 5.97 Å². The number of carbonyl (C=O) groups is 10. The smallest absolute Gasteiger partial charge is 0.303 e. The molecular weight excluding hydrogens is 1180 g/mol. The molecule has 4 aromatic rings. The quantitative estimate of drug-likeness (QED) is 0.0321. The van der Waals surface area contributed by atoms with E-state index in [1.165, 1.54) is 79.7 Å². The van der Waals surface area contributed by atoms with Crippen LogP contribution in [0.2, 0.25) is 5.02 Å². The Kier molecular flexibility index (Phi) is 27.4. The van der Waals surface area contributed by atoms with Crippen molar-refractivity contribution < 1.29 is 68.4 Å². The number of amides is 9. The van der Waals surface area contributed by atoms with Crippen molar-refractivity contribution in [1.82, 2.24) is 37.2 Å². The molecule has 29 heteroatoms. The standard InChI is InChI=1S/C57H73ClN12O14S2/c1-30(71)48-57(84)69-46(55(82)65-42(49(62)76)25-33-9-17-37(72)18-10-33)29-86-85-28-45(68-51(78)40(61)24-31-5-13-35(58)14-6-31)56(83)67-44(27-34-11-19-38(73)20-12-34)54(81)66-43(53(80)64-41(52(79)70-48)4-2-3-23-59)26-32-7-15-36(16-8-32)63-50(77)39(60)21-22-47(74)75/h5-20,30,39-46,48,71-73H,2-4,21-29,59-61H2,1H3,(H2,62,76)(H,63,77)(H,64,80)(H,65,82)(H,66,81)(H,67,83)(H,68,78)(H,69,84)(H,70,79)(H,74,75)/t30-,39+,40+,41+,42-,43-,44+,45-,46+,48+/m1/s1. The molecule has 0 aliphatic carbocycles. The van der Waals surface area contributed by atoms with Gasteiger partial charge in [-0.2, -0.15) is 0 Å². The molecule has 10 atom stereocenters. The highest BCUT2D eigenvalue weighted by atomic mass is 35.5. The molecule has 0 unspecified atom stereocenters. The predicted octanol–water partition coefficient (Wildman–Crippen LogP) is -0.737. The predicted molar refractivity (Wildman–Crippen MR) is 323 cm³/mol. The molecule has 9 amide bonds. The van der Waals surface area contributed by atoms with Gasteiger partial charge in [0.05, 0.1) is 18.2 Å². The number of carboxylic acids is 1. The Morgan fingerprint density at radius 1 is 0.640 bits per heavy atom. The number of benzene rings is 4. The lowest BCUT2D eigenvalue weighted by Crippen LogP contribution is -2.62. The minimum Gasteiger partial charge on any atom is -0.508 e. The summed E-state index contributed by atoms with van der Waals surface area (Å²) in [6, 6.07) is 10.8. The molecule has 0 saturated carbocycles. The van der Waals surface area contributed by atoms with Crippen LogP contribution in [0.25, 0.3) is 0 Å². The van der Waals surface area contributed by atoms with Crippen LogP contribution in [0.3, 0.4) is 0 Å². The maximum atomic E-state index is 14.9. The van der Waals surface area contributed by atoms with Crippen molar-refractivity contribution in [3.63, 3.8) is 0 Å². The highest BCUT2D eigenvalue weighted by Crippen LogP contribution is 2.25. The van der Waals surface area contributed by atoms with Crippen molar-refractivity contribution in [2.45, 2.75) is 125 Å². The number of aliphatic hydroxyl groups is 1. The van der Waals surface area contributed by atoms with Crippen molar-refractivity contribution in [2.24, 2.45) is 22.9 Å². The van der Waals surface area contributed by atoms with Gasteiger partial charge in [-0.1, -0.05) is 81.7 Å². The van der Waals surface area contributed by atoms with E-state index < -0.39 is 120 Å². The van der Waals surface area contributed by atoms with Crippen molar-refractivity contribution in [3.05, 3.63) is 124 Å². The van der Waals surface area contributed by atoms with Crippen molar-refractivity contribution in [1.29, 1.82) is 0 Å². The van der Waals surface area contributed by atoms with Crippen molar-refractivity contribution >= 4 is 98.0 Å². The Balaban J connectivity index is 1.57. The maximum absolute atomic E-state index is 14.9. The second kappa shape index (κ2) is 34.2. The van der Waals surface area contributed by atoms with Gasteiger partial charge in [0, 0.05) is 47.9 Å². The Morgan fingerprint density at radius 3 is 1.71 bits per heavy atom. The highest BCUT2D eigenvalue weighted by Gasteiger charge is 2.37. The zero-order valence-electron chi connectivity index (χ0n) is 46.9. The minimum absolute atomic E-state index is 0.00596. The van der Waals surface area contributed by atoms with Gasteiger partial charge in [-0.3, -0.25) is 47.9 Å². The third-order valence-corrected chi connectivity index (χ3v) is 16.2. The number of hydrogen-bond acceptors (Lipinski definition) is 18. The fourth-order valence-corrected chi connectivity index (χ4v) is 11.1. The Hall–Kier alpha value is -7.99. The summed E-state index contributed by atoms with van der Waals surface area (Å²) in [6.07, 6.45) is -2.29. The zero-order chi connectivity index (χ0) is 63.0. The summed E-state index contributed by atoms with van der Waals surface area (Å²) < 4.78 is 0. The number of phenolic OH excluding ortho intramolecular Hbond substituents is 2. The number of phenols is 2. The first-order valence-electron chi connectivity index (χ1n) is 27.4. The van der Waals surface area contributed by atoms with Gasteiger partial charge in [0.2, 0.25) is 53.2 Å². The number of aliphatic carboxylic acids is 1. The molecule has 1 fully saturated rings. The molecule has 1 aliphatic rings. The van der Waals surface area contributed by atoms with Crippen LogP contribution in [0.4, 0.5) is 5.69 Å². The topological polar surface area (TPSA) is 452 Å². The van der Waals surface area contributed by atoms with E-state index in [0.29, 0.717) is 33.7 Å². The van der Waals surface area contributed by atoms with Gasteiger partial charge < -0.3 is 85.9 Å². The van der Waals surface area contributed by atoms with Crippen LogP contribution in [-0.2, 0) is 73.6 Å². The van der Waals surface area contributed by atoms with E-state index in [9.17, 15) is 63.3 Å². The highest BCUT2D eigenvalue weighted by molar-refractivity contribution is 8.76. The molecule has 5 rings (SSSR count). The first kappa shape index (κ1) is 68.8. The van der Waals surface area contributed by atoms with Crippen LogP contribution in [0, 0.1) is 0 Å². The number of carbonyl (C=O) groups excluding carboxylic acids is 9. The van der Waals surface area contributed by atoms with Crippen molar-refractivity contribution in [2.75, 3.05) is 23.4 Å². The molecule has 20 N–H and O–H groups in total. The fraction of sp³-hybridized carbons (Fsp3) is 0.404. The zero-order valence-corrected chi connectivity index (χ0v) is 49.3. The SMILES string of the molecule is C[C@@H](O)[C@@H]1NC(=O)[C@H](CCCCN)NC(=O)[C@@H](Cc2ccc(NC(=O)[C@@H](N)CCC(=O)O)cc2)NC(=O)[C@H](Cc2ccc(O)cc2)NC(=O)[C@H](NC(=O)[C@@H](N)Cc2ccc(Cl)cc2)CSSC[C@@H](C(=O)N[C@H](Cc2ccc(O)cc2)C(N)=O)NC1=O. The lowest BCUT2D eigenvalue weighted by molar-refractivity contribution is -0.137. The number of primary amides is 1. The van der Waals surface area contributed by atoms with Crippen LogP contribution in [0.15, 0.2) is 97.1 Å². The molecular formula is C57H73ClN12O14S2. The minimum atomic E-state index is -1.79. The molecule has 86 heavy (non-hydrogen) atoms. The van der Waals surface area contributed by atoms with Gasteiger partial charge in [0.15, 0.2) is 0 Å². The fourth-order valence-electron chi connectivity index (χ4n) is 8.60. The number of unbranched alkanes of at least 4 members (excludes halogenated alkanes) is 1. The third-order valence-electron chi connectivity index (χ3n) is 13.5. The lowest BCUT2D eigenvalue weighted by Gasteiger charge is -2.29. The summed E-state index contributed by atoms with van der Waals surface area (Å²) in [4.78, 5) is 138. The summed E-state index contributed by atoms with van der Waals surface area (Å²) in [6.45, 7) is 1.38. The van der Waals surface area contributed by atoms with Gasteiger partial charge in [-0.15, -0.1) is 0 Å². The average molecular weight is 1250 g/mol. The summed E-state index contributed by atoms with van der Waals surface area (Å²) in [5.74, 6) is -10.1. The van der Waals surface area contributed by atoms with Gasteiger partial charge in [-0.25, -0.2) is 0 Å². The molecule has 0 bridgehead atoms.